The monoisotopic (exact) mass is 913 g/mol. The Kier molecular flexibility index (Phi) is 14.6. The summed E-state index contributed by atoms with van der Waals surface area (Å²) >= 11 is 6.14. The maximum atomic E-state index is 13.9. The summed E-state index contributed by atoms with van der Waals surface area (Å²) in [4.78, 5) is 16.3. The fraction of sp³-hybridized carbons (Fsp3) is 0.302. The molecule has 2 aliphatic rings. The van der Waals surface area contributed by atoms with Crippen LogP contribution in [-0.4, -0.2) is 61.2 Å². The van der Waals surface area contributed by atoms with Crippen LogP contribution in [0.3, 0.4) is 0 Å². The maximum absolute atomic E-state index is 13.9. The Labute approximate surface area is 387 Å². The molecule has 2 saturated heterocycles. The van der Waals surface area contributed by atoms with Crippen LogP contribution in [0.1, 0.15) is 71.1 Å². The molecule has 5 atom stereocenters. The molecule has 65 heavy (non-hydrogen) atoms. The molecular weight excluding hydrogens is 858 g/mol. The summed E-state index contributed by atoms with van der Waals surface area (Å²) in [6, 6.07) is 46.1. The highest BCUT2D eigenvalue weighted by molar-refractivity contribution is 7.89. The van der Waals surface area contributed by atoms with Crippen LogP contribution in [0.4, 0.5) is 0 Å². The number of halogens is 1. The van der Waals surface area contributed by atoms with Crippen molar-refractivity contribution in [3.05, 3.63) is 196 Å². The summed E-state index contributed by atoms with van der Waals surface area (Å²) in [6.07, 6.45) is 0.229. The van der Waals surface area contributed by atoms with Crippen LogP contribution in [0.15, 0.2) is 157 Å². The van der Waals surface area contributed by atoms with Crippen molar-refractivity contribution in [1.82, 2.24) is 14.9 Å². The van der Waals surface area contributed by atoms with Crippen LogP contribution in [0.5, 0.6) is 0 Å². The molecule has 338 valence electrons. The first kappa shape index (κ1) is 46.3. The van der Waals surface area contributed by atoms with Gasteiger partial charge in [0.1, 0.15) is 6.04 Å². The molecule has 2 aliphatic heterocycles. The third kappa shape index (κ3) is 11.3. The number of hydrogen-bond donors (Lipinski definition) is 4. The average Bonchev–Trinajstić information content (AvgIpc) is 3.33. The van der Waals surface area contributed by atoms with E-state index in [-0.39, 0.29) is 42.6 Å². The standard InChI is InChI=1S/C53H56ClN3O7S/c1-36-12-26-46(27-13-36)65(61,62)56-48(32-38-8-4-3-5-9-38)51(59)55-33-43-10-6-7-11-47(43)40-18-20-42(21-19-40)52-63-49(37(2)50(64-52)41-16-14-39(35-58)15-17-41)34-57-30-28-53(60,29-31-57)44-22-24-45(54)25-23-44/h3-27,37,48-50,52,56,58,60H,28-35H2,1-2H3,(H,55,59)/t37-,48+,49+,50+,52+/m0/s1. The van der Waals surface area contributed by atoms with Gasteiger partial charge in [-0.3, -0.25) is 4.79 Å². The number of likely N-dealkylation sites (tertiary alicyclic amines) is 1. The van der Waals surface area contributed by atoms with Gasteiger partial charge >= 0.3 is 0 Å². The lowest BCUT2D eigenvalue weighted by atomic mass is 9.84. The van der Waals surface area contributed by atoms with Crippen LogP contribution in [0.2, 0.25) is 5.02 Å². The zero-order chi connectivity index (χ0) is 45.6. The van der Waals surface area contributed by atoms with Crippen molar-refractivity contribution in [1.29, 1.82) is 0 Å². The molecule has 0 aromatic heterocycles. The van der Waals surface area contributed by atoms with E-state index in [9.17, 15) is 23.4 Å². The molecule has 4 N–H and O–H groups in total. The lowest BCUT2D eigenvalue weighted by Gasteiger charge is -2.45. The number of sulfonamides is 1. The Morgan fingerprint density at radius 2 is 1.45 bits per heavy atom. The Morgan fingerprint density at radius 3 is 2.12 bits per heavy atom. The number of carbonyl (C=O) groups excluding carboxylic acids is 1. The predicted octanol–water partition coefficient (Wildman–Crippen LogP) is 8.79. The number of ether oxygens (including phenoxy) is 2. The summed E-state index contributed by atoms with van der Waals surface area (Å²) in [5, 5.41) is 25.0. The van der Waals surface area contributed by atoms with E-state index in [0.29, 0.717) is 37.5 Å². The van der Waals surface area contributed by atoms with E-state index < -0.39 is 33.9 Å². The van der Waals surface area contributed by atoms with Gasteiger partial charge in [0.25, 0.3) is 0 Å². The molecule has 2 fully saturated rings. The number of rotatable bonds is 15. The minimum Gasteiger partial charge on any atom is -0.392 e. The van der Waals surface area contributed by atoms with E-state index in [1.807, 2.05) is 134 Å². The van der Waals surface area contributed by atoms with Gasteiger partial charge in [-0.15, -0.1) is 0 Å². The molecule has 0 unspecified atom stereocenters. The Balaban J connectivity index is 0.977. The molecule has 0 saturated carbocycles. The average molecular weight is 915 g/mol. The normalized spacial score (nSPS) is 20.5. The molecular formula is C53H56ClN3O7S. The fourth-order valence-electron chi connectivity index (χ4n) is 8.83. The minimum atomic E-state index is -4.00. The largest absolute Gasteiger partial charge is 0.392 e. The molecule has 0 spiro atoms. The van der Waals surface area contributed by atoms with Gasteiger partial charge in [0.05, 0.1) is 29.3 Å². The molecule has 0 aliphatic carbocycles. The number of aryl methyl sites for hydroxylation is 1. The maximum Gasteiger partial charge on any atom is 0.241 e. The first-order valence-corrected chi connectivity index (χ1v) is 24.0. The fourth-order valence-corrected chi connectivity index (χ4v) is 10.2. The number of amides is 1. The molecule has 0 bridgehead atoms. The number of hydrogen-bond acceptors (Lipinski definition) is 8. The summed E-state index contributed by atoms with van der Waals surface area (Å²) in [5.74, 6) is -0.442. The Morgan fingerprint density at radius 1 is 0.800 bits per heavy atom. The lowest BCUT2D eigenvalue weighted by Crippen LogP contribution is -2.49. The first-order chi connectivity index (χ1) is 31.4. The van der Waals surface area contributed by atoms with E-state index in [1.54, 1.807) is 24.3 Å². The number of benzene rings is 6. The van der Waals surface area contributed by atoms with Gasteiger partial charge in [0, 0.05) is 42.7 Å². The second-order valence-electron chi connectivity index (χ2n) is 17.3. The van der Waals surface area contributed by atoms with E-state index in [0.717, 1.165) is 50.1 Å². The van der Waals surface area contributed by atoms with Crippen molar-refractivity contribution in [3.63, 3.8) is 0 Å². The number of aliphatic hydroxyl groups excluding tert-OH is 1. The van der Waals surface area contributed by atoms with E-state index >= 15 is 0 Å². The van der Waals surface area contributed by atoms with Crippen LogP contribution >= 0.6 is 11.6 Å². The van der Waals surface area contributed by atoms with E-state index in [2.05, 4.69) is 21.9 Å². The zero-order valence-electron chi connectivity index (χ0n) is 36.6. The van der Waals surface area contributed by atoms with Crippen molar-refractivity contribution < 1.29 is 32.9 Å². The number of piperidine rings is 1. The number of aliphatic hydroxyl groups is 2. The second kappa shape index (κ2) is 20.5. The third-order valence-corrected chi connectivity index (χ3v) is 14.6. The van der Waals surface area contributed by atoms with Gasteiger partial charge in [-0.05, 0) is 89.4 Å². The van der Waals surface area contributed by atoms with Gasteiger partial charge < -0.3 is 29.9 Å². The summed E-state index contributed by atoms with van der Waals surface area (Å²) in [6.45, 7) is 6.25. The Bertz CT molecular complexity index is 2620. The topological polar surface area (TPSA) is 137 Å². The van der Waals surface area contributed by atoms with Crippen LogP contribution < -0.4 is 10.0 Å². The number of carbonyl (C=O) groups is 1. The highest BCUT2D eigenvalue weighted by Crippen LogP contribution is 2.43. The van der Waals surface area contributed by atoms with Gasteiger partial charge in [-0.25, -0.2) is 8.42 Å². The molecule has 2 heterocycles. The van der Waals surface area contributed by atoms with Crippen molar-refractivity contribution >= 4 is 27.5 Å². The van der Waals surface area contributed by atoms with Crippen molar-refractivity contribution in [2.75, 3.05) is 19.6 Å². The minimum absolute atomic E-state index is 0.00475. The van der Waals surface area contributed by atoms with Crippen LogP contribution in [0.25, 0.3) is 11.1 Å². The van der Waals surface area contributed by atoms with E-state index in [4.69, 9.17) is 21.1 Å². The molecule has 10 nitrogen and oxygen atoms in total. The molecule has 12 heteroatoms. The van der Waals surface area contributed by atoms with E-state index in [1.165, 1.54) is 0 Å². The van der Waals surface area contributed by atoms with Gasteiger partial charge in [0.15, 0.2) is 6.29 Å². The van der Waals surface area contributed by atoms with Gasteiger partial charge in [-0.1, -0.05) is 151 Å². The van der Waals surface area contributed by atoms with Gasteiger partial charge in [-0.2, -0.15) is 4.72 Å². The first-order valence-electron chi connectivity index (χ1n) is 22.2. The lowest BCUT2D eigenvalue weighted by molar-refractivity contribution is -0.277. The van der Waals surface area contributed by atoms with Crippen LogP contribution in [0, 0.1) is 12.8 Å². The Hall–Kier alpha value is -5.21. The SMILES string of the molecule is Cc1ccc(S(=O)(=O)N[C@H](Cc2ccccc2)C(=O)NCc2ccccc2-c2ccc([C@@H]3O[C@H](CN4CCC(O)(c5ccc(Cl)cc5)CC4)[C@H](C)[C@H](c4ccc(CO)cc4)O3)cc2)cc1. The van der Waals surface area contributed by atoms with Crippen molar-refractivity contribution in [2.24, 2.45) is 5.92 Å². The molecule has 6 aromatic carbocycles. The van der Waals surface area contributed by atoms with Crippen LogP contribution in [-0.2, 0) is 49.5 Å². The van der Waals surface area contributed by atoms with Crippen molar-refractivity contribution in [2.45, 2.75) is 81.3 Å². The smallest absolute Gasteiger partial charge is 0.241 e. The summed E-state index contributed by atoms with van der Waals surface area (Å²) in [5.41, 5.74) is 7.12. The number of nitrogens with zero attached hydrogens (tertiary/aromatic N) is 1. The summed E-state index contributed by atoms with van der Waals surface area (Å²) in [7, 11) is -4.00. The quantitative estimate of drug-likeness (QED) is 0.0803. The second-order valence-corrected chi connectivity index (χ2v) is 19.5. The zero-order valence-corrected chi connectivity index (χ0v) is 38.2. The van der Waals surface area contributed by atoms with Crippen molar-refractivity contribution in [3.8, 4) is 11.1 Å². The molecule has 8 rings (SSSR count). The molecule has 1 amide bonds. The third-order valence-electron chi connectivity index (χ3n) is 12.8. The number of nitrogens with one attached hydrogen (secondary N) is 2. The molecule has 6 aromatic rings. The summed E-state index contributed by atoms with van der Waals surface area (Å²) < 4.78 is 43.2. The highest BCUT2D eigenvalue weighted by atomic mass is 35.5. The highest BCUT2D eigenvalue weighted by Gasteiger charge is 2.41. The van der Waals surface area contributed by atoms with Gasteiger partial charge in [0.2, 0.25) is 15.9 Å². The molecule has 0 radical (unpaired) electrons. The predicted molar refractivity (Wildman–Crippen MR) is 253 cm³/mol.